The van der Waals surface area contributed by atoms with Crippen molar-refractivity contribution >= 4 is 74.5 Å². The molecular weight excluding hydrogens is 642 g/mol. The first-order valence-electron chi connectivity index (χ1n) is 8.94. The van der Waals surface area contributed by atoms with Crippen LogP contribution in [-0.4, -0.2) is 11.0 Å². The van der Waals surface area contributed by atoms with Crippen molar-refractivity contribution in [1.82, 2.24) is 0 Å². The van der Waals surface area contributed by atoms with E-state index in [9.17, 15) is 15.2 Å². The van der Waals surface area contributed by atoms with Crippen LogP contribution in [0.5, 0.6) is 11.5 Å². The van der Waals surface area contributed by atoms with Gasteiger partial charge in [-0.25, -0.2) is 0 Å². The van der Waals surface area contributed by atoms with Gasteiger partial charge in [0.25, 0.3) is 5.91 Å². The number of nitrogens with zero attached hydrogens (tertiary/aromatic N) is 1. The fourth-order valence-electron chi connectivity index (χ4n) is 2.60. The van der Waals surface area contributed by atoms with Gasteiger partial charge in [-0.2, -0.15) is 5.26 Å². The maximum absolute atomic E-state index is 12.5. The Bertz CT molecular complexity index is 1150. The van der Waals surface area contributed by atoms with Gasteiger partial charge in [0.1, 0.15) is 29.7 Å². The lowest BCUT2D eigenvalue weighted by Gasteiger charge is -2.12. The molecule has 0 radical (unpaired) electrons. The highest BCUT2D eigenvalue weighted by Crippen LogP contribution is 2.30. The fourth-order valence-corrected chi connectivity index (χ4v) is 4.85. The van der Waals surface area contributed by atoms with Crippen LogP contribution in [0.15, 0.2) is 66.2 Å². The number of phenolic OH excluding ortho intramolecular Hbond substituents is 1. The topological polar surface area (TPSA) is 82.3 Å². The van der Waals surface area contributed by atoms with Crippen molar-refractivity contribution in [2.24, 2.45) is 0 Å². The minimum atomic E-state index is -0.527. The Kier molecular flexibility index (Phi) is 8.17. The van der Waals surface area contributed by atoms with Crippen molar-refractivity contribution in [3.63, 3.8) is 0 Å². The molecule has 0 bridgehead atoms. The molecule has 5 nitrogen and oxygen atoms in total. The Morgan fingerprint density at radius 2 is 1.71 bits per heavy atom. The fraction of sp³-hybridized carbons (Fsp3) is 0.0435. The molecule has 0 saturated heterocycles. The smallest absolute Gasteiger partial charge is 0.266 e. The zero-order valence-corrected chi connectivity index (χ0v) is 21.0. The Morgan fingerprint density at radius 3 is 2.29 bits per heavy atom. The van der Waals surface area contributed by atoms with E-state index in [4.69, 9.17) is 16.3 Å². The van der Waals surface area contributed by atoms with E-state index in [-0.39, 0.29) is 11.3 Å². The molecular formula is C23H15ClI2N2O3. The predicted molar refractivity (Wildman–Crippen MR) is 138 cm³/mol. The second kappa shape index (κ2) is 10.8. The molecule has 8 heteroatoms. The number of hydrogen-bond acceptors (Lipinski definition) is 4. The number of anilines is 1. The minimum Gasteiger partial charge on any atom is -0.508 e. The summed E-state index contributed by atoms with van der Waals surface area (Å²) in [5, 5.41) is 22.1. The predicted octanol–water partition coefficient (Wildman–Crippen LogP) is 6.38. The minimum absolute atomic E-state index is 0.0329. The molecule has 3 aromatic rings. The van der Waals surface area contributed by atoms with Crippen molar-refractivity contribution in [2.45, 2.75) is 6.61 Å². The number of rotatable bonds is 6. The Hall–Kier alpha value is -2.29. The summed E-state index contributed by atoms with van der Waals surface area (Å²) in [6.07, 6.45) is 1.53. The largest absolute Gasteiger partial charge is 0.508 e. The number of halogens is 3. The van der Waals surface area contributed by atoms with Crippen LogP contribution >= 0.6 is 56.8 Å². The monoisotopic (exact) mass is 656 g/mol. The molecule has 3 rings (SSSR count). The zero-order chi connectivity index (χ0) is 22.4. The summed E-state index contributed by atoms with van der Waals surface area (Å²) < 4.78 is 7.70. The van der Waals surface area contributed by atoms with Gasteiger partial charge < -0.3 is 15.2 Å². The van der Waals surface area contributed by atoms with Crippen molar-refractivity contribution in [2.75, 3.05) is 5.32 Å². The molecule has 2 N–H and O–H groups in total. The number of carbonyl (C=O) groups excluding carboxylic acids is 1. The van der Waals surface area contributed by atoms with Gasteiger partial charge in [0.15, 0.2) is 0 Å². The number of ether oxygens (including phenoxy) is 1. The molecule has 31 heavy (non-hydrogen) atoms. The molecule has 1 amide bonds. The Balaban J connectivity index is 1.76. The molecule has 0 heterocycles. The lowest BCUT2D eigenvalue weighted by molar-refractivity contribution is -0.112. The number of aromatic hydroxyl groups is 1. The quantitative estimate of drug-likeness (QED) is 0.140. The first-order valence-corrected chi connectivity index (χ1v) is 11.5. The van der Waals surface area contributed by atoms with Gasteiger partial charge >= 0.3 is 0 Å². The van der Waals surface area contributed by atoms with Gasteiger partial charge in [-0.3, -0.25) is 4.79 Å². The van der Waals surface area contributed by atoms with E-state index in [0.29, 0.717) is 22.9 Å². The number of benzene rings is 3. The van der Waals surface area contributed by atoms with Crippen LogP contribution in [0.2, 0.25) is 5.02 Å². The van der Waals surface area contributed by atoms with Gasteiger partial charge in [-0.05, 0) is 111 Å². The molecule has 0 fully saturated rings. The summed E-state index contributed by atoms with van der Waals surface area (Å²) in [5.74, 6) is 0.304. The molecule has 0 aliphatic rings. The second-order valence-electron chi connectivity index (χ2n) is 6.40. The van der Waals surface area contributed by atoms with Crippen LogP contribution < -0.4 is 10.1 Å². The third-order valence-corrected chi connectivity index (χ3v) is 5.97. The number of nitriles is 1. The number of carbonyl (C=O) groups is 1. The molecule has 0 saturated carbocycles. The SMILES string of the molecule is N#C/C(=C\c1cc(I)c(OCc2ccc(Cl)cc2)c(I)c1)C(=O)Nc1ccc(O)cc1. The van der Waals surface area contributed by atoms with Crippen molar-refractivity contribution in [3.8, 4) is 17.6 Å². The Labute approximate surface area is 212 Å². The van der Waals surface area contributed by atoms with Crippen LogP contribution in [-0.2, 0) is 11.4 Å². The summed E-state index contributed by atoms with van der Waals surface area (Å²) in [6, 6.07) is 19.1. The molecule has 0 aliphatic carbocycles. The average molecular weight is 657 g/mol. The summed E-state index contributed by atoms with van der Waals surface area (Å²) in [6.45, 7) is 0.400. The molecule has 0 atom stereocenters. The third-order valence-electron chi connectivity index (χ3n) is 4.12. The van der Waals surface area contributed by atoms with Crippen LogP contribution in [0.25, 0.3) is 6.08 Å². The van der Waals surface area contributed by atoms with E-state index in [2.05, 4.69) is 50.5 Å². The highest BCUT2D eigenvalue weighted by atomic mass is 127. The van der Waals surface area contributed by atoms with E-state index in [1.807, 2.05) is 42.5 Å². The summed E-state index contributed by atoms with van der Waals surface area (Å²) in [5.41, 5.74) is 2.16. The van der Waals surface area contributed by atoms with Crippen molar-refractivity contribution in [3.05, 3.63) is 89.5 Å². The highest BCUT2D eigenvalue weighted by Gasteiger charge is 2.13. The molecule has 3 aromatic carbocycles. The molecule has 0 unspecified atom stereocenters. The maximum atomic E-state index is 12.5. The van der Waals surface area contributed by atoms with Gasteiger partial charge in [-0.15, -0.1) is 0 Å². The van der Waals surface area contributed by atoms with E-state index in [1.54, 1.807) is 12.1 Å². The molecule has 0 spiro atoms. The zero-order valence-electron chi connectivity index (χ0n) is 15.9. The lowest BCUT2D eigenvalue weighted by atomic mass is 10.1. The average Bonchev–Trinajstić information content (AvgIpc) is 2.74. The number of hydrogen-bond donors (Lipinski definition) is 2. The van der Waals surface area contributed by atoms with Crippen LogP contribution in [0, 0.1) is 18.5 Å². The number of amides is 1. The number of phenols is 1. The van der Waals surface area contributed by atoms with Crippen LogP contribution in [0.3, 0.4) is 0 Å². The molecule has 0 aromatic heterocycles. The van der Waals surface area contributed by atoms with Crippen molar-refractivity contribution in [1.29, 1.82) is 5.26 Å². The van der Waals surface area contributed by atoms with Gasteiger partial charge in [0.05, 0.1) is 7.14 Å². The van der Waals surface area contributed by atoms with E-state index >= 15 is 0 Å². The standard InChI is InChI=1S/C23H15ClI2N2O3/c24-17-3-1-14(2-4-17)13-31-22-20(25)10-15(11-21(22)26)9-16(12-27)23(30)28-18-5-7-19(29)8-6-18/h1-11,29H,13H2,(H,28,30)/b16-9+. The van der Waals surface area contributed by atoms with Gasteiger partial charge in [-0.1, -0.05) is 23.7 Å². The van der Waals surface area contributed by atoms with Crippen molar-refractivity contribution < 1.29 is 14.6 Å². The molecule has 156 valence electrons. The maximum Gasteiger partial charge on any atom is 0.266 e. The van der Waals surface area contributed by atoms with E-state index < -0.39 is 5.91 Å². The summed E-state index contributed by atoms with van der Waals surface area (Å²) >= 11 is 10.3. The third kappa shape index (κ3) is 6.59. The first-order chi connectivity index (χ1) is 14.9. The lowest BCUT2D eigenvalue weighted by Crippen LogP contribution is -2.13. The summed E-state index contributed by atoms with van der Waals surface area (Å²) in [7, 11) is 0. The summed E-state index contributed by atoms with van der Waals surface area (Å²) in [4.78, 5) is 12.5. The van der Waals surface area contributed by atoms with E-state index in [1.165, 1.54) is 18.2 Å². The van der Waals surface area contributed by atoms with Gasteiger partial charge in [0.2, 0.25) is 0 Å². The highest BCUT2D eigenvalue weighted by molar-refractivity contribution is 14.1. The second-order valence-corrected chi connectivity index (χ2v) is 9.16. The van der Waals surface area contributed by atoms with Gasteiger partial charge in [0, 0.05) is 10.7 Å². The van der Waals surface area contributed by atoms with Crippen LogP contribution in [0.4, 0.5) is 5.69 Å². The van der Waals surface area contributed by atoms with E-state index in [0.717, 1.165) is 18.5 Å². The normalized spacial score (nSPS) is 11.0. The number of nitrogens with one attached hydrogen (secondary N) is 1. The van der Waals surface area contributed by atoms with Crippen LogP contribution in [0.1, 0.15) is 11.1 Å². The first kappa shape index (κ1) is 23.4. The Morgan fingerprint density at radius 1 is 1.10 bits per heavy atom. The molecule has 0 aliphatic heterocycles.